The normalized spacial score (nSPS) is 9.86. The first-order valence-corrected chi connectivity index (χ1v) is 6.45. The molecule has 0 fully saturated rings. The molecule has 0 aliphatic rings. The Morgan fingerprint density at radius 1 is 1.18 bits per heavy atom. The molecule has 1 N–H and O–H groups in total. The standard InChI is InChI=1S/C16H15FN4O/c1-16(2,3)10-22-14-6-4-5-12(17)15(14)21-13(9-20)11(7-18)8-19/h4-6,21H,10H2,1-3H3. The van der Waals surface area contributed by atoms with E-state index in [1.807, 2.05) is 20.8 Å². The fourth-order valence-corrected chi connectivity index (χ4v) is 1.45. The van der Waals surface area contributed by atoms with Crippen LogP contribution in [0.2, 0.25) is 0 Å². The van der Waals surface area contributed by atoms with Crippen LogP contribution >= 0.6 is 0 Å². The number of ether oxygens (including phenoxy) is 1. The molecule has 0 spiro atoms. The summed E-state index contributed by atoms with van der Waals surface area (Å²) >= 11 is 0. The molecule has 0 heterocycles. The van der Waals surface area contributed by atoms with Crippen LogP contribution in [0.15, 0.2) is 29.5 Å². The summed E-state index contributed by atoms with van der Waals surface area (Å²) in [6, 6.07) is 9.07. The third kappa shape index (κ3) is 4.51. The summed E-state index contributed by atoms with van der Waals surface area (Å²) in [4.78, 5) is 0. The zero-order valence-electron chi connectivity index (χ0n) is 12.6. The molecule has 0 aromatic heterocycles. The van der Waals surface area contributed by atoms with E-state index >= 15 is 0 Å². The van der Waals surface area contributed by atoms with Gasteiger partial charge in [0.05, 0.1) is 6.61 Å². The van der Waals surface area contributed by atoms with E-state index in [9.17, 15) is 4.39 Å². The van der Waals surface area contributed by atoms with Gasteiger partial charge in [-0.25, -0.2) is 4.39 Å². The maximum Gasteiger partial charge on any atom is 0.163 e. The molecule has 1 aromatic rings. The Morgan fingerprint density at radius 2 is 1.82 bits per heavy atom. The number of para-hydroxylation sites is 1. The molecule has 0 saturated carbocycles. The molecule has 112 valence electrons. The Bertz CT molecular complexity index is 696. The minimum atomic E-state index is -0.644. The molecule has 5 nitrogen and oxygen atoms in total. The van der Waals surface area contributed by atoms with Crippen molar-refractivity contribution in [3.8, 4) is 24.0 Å². The average Bonchev–Trinajstić information content (AvgIpc) is 2.46. The Balaban J connectivity index is 3.20. The molecular formula is C16H15FN4O. The smallest absolute Gasteiger partial charge is 0.163 e. The number of anilines is 1. The predicted molar refractivity (Wildman–Crippen MR) is 78.8 cm³/mol. The zero-order chi connectivity index (χ0) is 16.8. The van der Waals surface area contributed by atoms with E-state index in [1.165, 1.54) is 12.1 Å². The van der Waals surface area contributed by atoms with Crippen molar-refractivity contribution in [2.75, 3.05) is 11.9 Å². The summed E-state index contributed by atoms with van der Waals surface area (Å²) in [5.41, 5.74) is -0.961. The van der Waals surface area contributed by atoms with Gasteiger partial charge in [0.25, 0.3) is 0 Å². The summed E-state index contributed by atoms with van der Waals surface area (Å²) in [5, 5.41) is 29.1. The van der Waals surface area contributed by atoms with Crippen LogP contribution in [0.3, 0.4) is 0 Å². The highest BCUT2D eigenvalue weighted by Gasteiger charge is 2.17. The topological polar surface area (TPSA) is 92.6 Å². The van der Waals surface area contributed by atoms with Crippen LogP contribution in [-0.2, 0) is 0 Å². The first kappa shape index (κ1) is 17.0. The van der Waals surface area contributed by atoms with Gasteiger partial charge in [-0.05, 0) is 17.5 Å². The van der Waals surface area contributed by atoms with Gasteiger partial charge in [-0.15, -0.1) is 0 Å². The lowest BCUT2D eigenvalue weighted by molar-refractivity contribution is 0.198. The first-order valence-electron chi connectivity index (χ1n) is 6.45. The van der Waals surface area contributed by atoms with E-state index in [2.05, 4.69) is 5.32 Å². The van der Waals surface area contributed by atoms with Crippen molar-refractivity contribution in [2.24, 2.45) is 5.41 Å². The number of halogens is 1. The van der Waals surface area contributed by atoms with Crippen LogP contribution in [0.1, 0.15) is 20.8 Å². The van der Waals surface area contributed by atoms with Crippen LogP contribution in [0.5, 0.6) is 5.75 Å². The van der Waals surface area contributed by atoms with Crippen molar-refractivity contribution in [1.82, 2.24) is 0 Å². The van der Waals surface area contributed by atoms with E-state index in [-0.39, 0.29) is 22.5 Å². The molecule has 0 aliphatic carbocycles. The molecule has 0 saturated heterocycles. The number of nitrogens with one attached hydrogen (secondary N) is 1. The van der Waals surface area contributed by atoms with Gasteiger partial charge in [-0.1, -0.05) is 26.8 Å². The minimum absolute atomic E-state index is 0.0775. The van der Waals surface area contributed by atoms with E-state index in [1.54, 1.807) is 24.3 Å². The quantitative estimate of drug-likeness (QED) is 0.859. The summed E-state index contributed by atoms with van der Waals surface area (Å²) in [5.74, 6) is -0.438. The van der Waals surface area contributed by atoms with Gasteiger partial charge in [0.15, 0.2) is 5.57 Å². The van der Waals surface area contributed by atoms with E-state index in [0.29, 0.717) is 6.61 Å². The van der Waals surface area contributed by atoms with E-state index in [0.717, 1.165) is 0 Å². The number of hydrogen-bond acceptors (Lipinski definition) is 5. The average molecular weight is 298 g/mol. The summed E-state index contributed by atoms with van der Waals surface area (Å²) < 4.78 is 19.6. The number of rotatable bonds is 4. The van der Waals surface area contributed by atoms with Gasteiger partial charge in [0.1, 0.15) is 41.2 Å². The van der Waals surface area contributed by atoms with E-state index in [4.69, 9.17) is 20.5 Å². The molecule has 1 aromatic carbocycles. The lowest BCUT2D eigenvalue weighted by atomic mass is 9.99. The second-order valence-electron chi connectivity index (χ2n) is 5.67. The SMILES string of the molecule is CC(C)(C)COc1cccc(F)c1NC(C#N)=C(C#N)C#N. The van der Waals surface area contributed by atoms with Gasteiger partial charge in [-0.3, -0.25) is 0 Å². The van der Waals surface area contributed by atoms with Crippen molar-refractivity contribution in [1.29, 1.82) is 15.8 Å². The van der Waals surface area contributed by atoms with Gasteiger partial charge in [0, 0.05) is 0 Å². The lowest BCUT2D eigenvalue weighted by Crippen LogP contribution is -2.17. The zero-order valence-corrected chi connectivity index (χ0v) is 12.6. The first-order chi connectivity index (χ1) is 10.3. The minimum Gasteiger partial charge on any atom is -0.491 e. The molecule has 0 radical (unpaired) electrons. The molecular weight excluding hydrogens is 283 g/mol. The Hall–Kier alpha value is -3.04. The van der Waals surface area contributed by atoms with Gasteiger partial charge in [-0.2, -0.15) is 15.8 Å². The van der Waals surface area contributed by atoms with Crippen LogP contribution in [0, 0.1) is 45.2 Å². The lowest BCUT2D eigenvalue weighted by Gasteiger charge is -2.20. The van der Waals surface area contributed by atoms with Crippen molar-refractivity contribution in [3.63, 3.8) is 0 Å². The van der Waals surface area contributed by atoms with Crippen LogP contribution < -0.4 is 10.1 Å². The maximum atomic E-state index is 14.0. The fourth-order valence-electron chi connectivity index (χ4n) is 1.45. The molecule has 22 heavy (non-hydrogen) atoms. The Morgan fingerprint density at radius 3 is 2.32 bits per heavy atom. The third-order valence-corrected chi connectivity index (χ3v) is 2.47. The summed E-state index contributed by atoms with van der Waals surface area (Å²) in [7, 11) is 0. The van der Waals surface area contributed by atoms with Crippen molar-refractivity contribution >= 4 is 5.69 Å². The van der Waals surface area contributed by atoms with Crippen LogP contribution in [0.25, 0.3) is 0 Å². The molecule has 0 bridgehead atoms. The van der Waals surface area contributed by atoms with Crippen molar-refractivity contribution < 1.29 is 9.13 Å². The maximum absolute atomic E-state index is 14.0. The van der Waals surface area contributed by atoms with Crippen molar-refractivity contribution in [3.05, 3.63) is 35.3 Å². The number of nitriles is 3. The highest BCUT2D eigenvalue weighted by Crippen LogP contribution is 2.30. The number of allylic oxidation sites excluding steroid dienone is 2. The molecule has 0 amide bonds. The van der Waals surface area contributed by atoms with Crippen molar-refractivity contribution in [2.45, 2.75) is 20.8 Å². The Kier molecular flexibility index (Phi) is 5.50. The van der Waals surface area contributed by atoms with Gasteiger partial charge >= 0.3 is 0 Å². The molecule has 6 heteroatoms. The highest BCUT2D eigenvalue weighted by molar-refractivity contribution is 5.65. The summed E-state index contributed by atoms with van der Waals surface area (Å²) in [6.45, 7) is 6.22. The molecule has 1 rings (SSSR count). The second kappa shape index (κ2) is 7.11. The number of benzene rings is 1. The monoisotopic (exact) mass is 298 g/mol. The third-order valence-electron chi connectivity index (χ3n) is 2.47. The van der Waals surface area contributed by atoms with Gasteiger partial charge in [0.2, 0.25) is 0 Å². The Labute approximate surface area is 128 Å². The molecule has 0 unspecified atom stereocenters. The predicted octanol–water partition coefficient (Wildman–Crippen LogP) is 3.49. The second-order valence-corrected chi connectivity index (χ2v) is 5.67. The highest BCUT2D eigenvalue weighted by atomic mass is 19.1. The van der Waals surface area contributed by atoms with Crippen LogP contribution in [0.4, 0.5) is 10.1 Å². The largest absolute Gasteiger partial charge is 0.491 e. The summed E-state index contributed by atoms with van der Waals surface area (Å²) in [6.07, 6.45) is 0. The molecule has 0 atom stereocenters. The van der Waals surface area contributed by atoms with E-state index < -0.39 is 11.4 Å². The number of nitrogens with zero attached hydrogens (tertiary/aromatic N) is 3. The number of hydrogen-bond donors (Lipinski definition) is 1. The fraction of sp³-hybridized carbons (Fsp3) is 0.312. The van der Waals surface area contributed by atoms with Gasteiger partial charge < -0.3 is 10.1 Å². The molecule has 0 aliphatic heterocycles. The van der Waals surface area contributed by atoms with Crippen LogP contribution in [-0.4, -0.2) is 6.61 Å².